The highest BCUT2D eigenvalue weighted by atomic mass is 32.2. The van der Waals surface area contributed by atoms with Crippen LogP contribution in [0.1, 0.15) is 20.3 Å². The van der Waals surface area contributed by atoms with Crippen LogP contribution in [-0.2, 0) is 9.59 Å². The number of ether oxygens (including phenoxy) is 1. The molecule has 0 aliphatic heterocycles. The lowest BCUT2D eigenvalue weighted by Gasteiger charge is -2.08. The van der Waals surface area contributed by atoms with Crippen molar-refractivity contribution in [1.29, 1.82) is 0 Å². The third-order valence-electron chi connectivity index (χ3n) is 4.20. The van der Waals surface area contributed by atoms with Crippen molar-refractivity contribution >= 4 is 45.1 Å². The summed E-state index contributed by atoms with van der Waals surface area (Å²) in [5, 5.41) is 9.43. The van der Waals surface area contributed by atoms with Crippen molar-refractivity contribution in [3.63, 3.8) is 0 Å². The van der Waals surface area contributed by atoms with E-state index in [1.807, 2.05) is 31.2 Å². The van der Waals surface area contributed by atoms with Gasteiger partial charge in [-0.25, -0.2) is 9.97 Å². The molecule has 0 bridgehead atoms. The fourth-order valence-corrected chi connectivity index (χ4v) is 4.77. The summed E-state index contributed by atoms with van der Waals surface area (Å²) in [6, 6.07) is 8.00. The van der Waals surface area contributed by atoms with E-state index in [2.05, 4.69) is 26.0 Å². The van der Waals surface area contributed by atoms with Crippen molar-refractivity contribution in [2.45, 2.75) is 25.3 Å². The highest BCUT2D eigenvalue weighted by molar-refractivity contribution is 7.99. The number of rotatable bonds is 10. The molecule has 158 valence electrons. The van der Waals surface area contributed by atoms with Crippen LogP contribution in [0.2, 0.25) is 0 Å². The molecule has 9 heteroatoms. The third-order valence-corrected chi connectivity index (χ3v) is 6.08. The van der Waals surface area contributed by atoms with Crippen molar-refractivity contribution in [1.82, 2.24) is 20.6 Å². The molecule has 0 atom stereocenters. The molecule has 0 radical (unpaired) electrons. The molecule has 0 fully saturated rings. The average molecular weight is 445 g/mol. The van der Waals surface area contributed by atoms with Crippen LogP contribution in [-0.4, -0.2) is 47.2 Å². The van der Waals surface area contributed by atoms with E-state index in [0.29, 0.717) is 31.9 Å². The second kappa shape index (κ2) is 10.9. The largest absolute Gasteiger partial charge is 0.494 e. The zero-order valence-corrected chi connectivity index (χ0v) is 18.6. The van der Waals surface area contributed by atoms with E-state index >= 15 is 0 Å². The Hall–Kier alpha value is -2.65. The number of aromatic nitrogens is 2. The van der Waals surface area contributed by atoms with Gasteiger partial charge in [0, 0.05) is 43.1 Å². The van der Waals surface area contributed by atoms with Gasteiger partial charge in [0.2, 0.25) is 11.8 Å². The van der Waals surface area contributed by atoms with Gasteiger partial charge in [-0.1, -0.05) is 12.1 Å². The smallest absolute Gasteiger partial charge is 0.220 e. The Morgan fingerprint density at radius 2 is 1.90 bits per heavy atom. The van der Waals surface area contributed by atoms with Gasteiger partial charge in [0.15, 0.2) is 0 Å². The van der Waals surface area contributed by atoms with Gasteiger partial charge < -0.3 is 15.4 Å². The Kier molecular flexibility index (Phi) is 8.04. The van der Waals surface area contributed by atoms with Crippen LogP contribution in [0, 0.1) is 0 Å². The molecular weight excluding hydrogens is 420 g/mol. The quantitative estimate of drug-likeness (QED) is 0.282. The van der Waals surface area contributed by atoms with Crippen LogP contribution in [0.15, 0.2) is 41.0 Å². The number of thioether (sulfide) groups is 1. The molecule has 7 nitrogen and oxygen atoms in total. The summed E-state index contributed by atoms with van der Waals surface area (Å²) >= 11 is 3.13. The number of benzene rings is 1. The number of nitrogens with one attached hydrogen (secondary N) is 2. The number of carbonyl (C=O) groups excluding carboxylic acids is 2. The minimum Gasteiger partial charge on any atom is -0.494 e. The molecule has 30 heavy (non-hydrogen) atoms. The maximum atomic E-state index is 12.0. The molecule has 3 rings (SSSR count). The minimum atomic E-state index is -0.105. The standard InChI is InChI=1S/C21H24N4O3S2/c1-3-28-16-6-4-15(5-7-16)17-12-30-21-19(17)20(24-13-25-21)29-11-8-18(27)23-10-9-22-14(2)26/h4-7,12-13H,3,8-11H2,1-2H3,(H,22,26)(H,23,27). The number of nitrogens with zero attached hydrogens (tertiary/aromatic N) is 2. The Bertz CT molecular complexity index is 1010. The first kappa shape index (κ1) is 22.0. The molecule has 0 aliphatic rings. The lowest BCUT2D eigenvalue weighted by Crippen LogP contribution is -2.33. The second-order valence-corrected chi connectivity index (χ2v) is 8.34. The number of thiophene rings is 1. The second-order valence-electron chi connectivity index (χ2n) is 6.40. The Balaban J connectivity index is 1.64. The molecule has 2 N–H and O–H groups in total. The van der Waals surface area contributed by atoms with Crippen LogP contribution < -0.4 is 15.4 Å². The van der Waals surface area contributed by atoms with Crippen molar-refractivity contribution < 1.29 is 14.3 Å². The van der Waals surface area contributed by atoms with Crippen LogP contribution in [0.5, 0.6) is 5.75 Å². The summed E-state index contributed by atoms with van der Waals surface area (Å²) in [4.78, 5) is 32.6. The maximum absolute atomic E-state index is 12.0. The Morgan fingerprint density at radius 1 is 1.13 bits per heavy atom. The highest BCUT2D eigenvalue weighted by Gasteiger charge is 2.14. The monoisotopic (exact) mass is 444 g/mol. The summed E-state index contributed by atoms with van der Waals surface area (Å²) in [5.74, 6) is 1.30. The SMILES string of the molecule is CCOc1ccc(-c2csc3ncnc(SCCC(=O)NCCNC(C)=O)c23)cc1. The van der Waals surface area contributed by atoms with Gasteiger partial charge in [-0.15, -0.1) is 23.1 Å². The van der Waals surface area contributed by atoms with Crippen LogP contribution in [0.4, 0.5) is 0 Å². The van der Waals surface area contributed by atoms with Crippen molar-refractivity contribution in [3.05, 3.63) is 36.0 Å². The fourth-order valence-electron chi connectivity index (χ4n) is 2.84. The highest BCUT2D eigenvalue weighted by Crippen LogP contribution is 2.38. The topological polar surface area (TPSA) is 93.2 Å². The first-order valence-electron chi connectivity index (χ1n) is 9.68. The zero-order valence-electron chi connectivity index (χ0n) is 16.9. The Morgan fingerprint density at radius 3 is 2.63 bits per heavy atom. The summed E-state index contributed by atoms with van der Waals surface area (Å²) in [6.07, 6.45) is 1.94. The lowest BCUT2D eigenvalue weighted by molar-refractivity contribution is -0.121. The number of hydrogen-bond donors (Lipinski definition) is 2. The van der Waals surface area contributed by atoms with Gasteiger partial charge in [-0.2, -0.15) is 0 Å². The third kappa shape index (κ3) is 5.93. The number of hydrogen-bond acceptors (Lipinski definition) is 7. The fraction of sp³-hybridized carbons (Fsp3) is 0.333. The summed E-state index contributed by atoms with van der Waals surface area (Å²) in [5.41, 5.74) is 2.16. The maximum Gasteiger partial charge on any atom is 0.220 e. The molecular formula is C21H24N4O3S2. The van der Waals surface area contributed by atoms with E-state index in [9.17, 15) is 9.59 Å². The van der Waals surface area contributed by atoms with Gasteiger partial charge >= 0.3 is 0 Å². The molecule has 0 spiro atoms. The summed E-state index contributed by atoms with van der Waals surface area (Å²) in [7, 11) is 0. The molecule has 3 aromatic rings. The van der Waals surface area contributed by atoms with E-state index in [1.54, 1.807) is 29.4 Å². The lowest BCUT2D eigenvalue weighted by atomic mass is 10.1. The predicted octanol–water partition coefficient (Wildman–Crippen LogP) is 3.49. The molecule has 0 saturated carbocycles. The number of amides is 2. The van der Waals surface area contributed by atoms with Crippen molar-refractivity contribution in [2.24, 2.45) is 0 Å². The van der Waals surface area contributed by atoms with Gasteiger partial charge in [-0.05, 0) is 24.6 Å². The van der Waals surface area contributed by atoms with Crippen molar-refractivity contribution in [2.75, 3.05) is 25.4 Å². The predicted molar refractivity (Wildman–Crippen MR) is 121 cm³/mol. The van der Waals surface area contributed by atoms with Gasteiger partial charge in [0.1, 0.15) is 21.9 Å². The van der Waals surface area contributed by atoms with Crippen LogP contribution >= 0.6 is 23.1 Å². The summed E-state index contributed by atoms with van der Waals surface area (Å²) in [6.45, 7) is 4.90. The van der Waals surface area contributed by atoms with E-state index < -0.39 is 0 Å². The van der Waals surface area contributed by atoms with Gasteiger partial charge in [0.25, 0.3) is 0 Å². The zero-order chi connectivity index (χ0) is 21.3. The summed E-state index contributed by atoms with van der Waals surface area (Å²) < 4.78 is 5.53. The molecule has 0 aliphatic carbocycles. The number of fused-ring (bicyclic) bond motifs is 1. The minimum absolute atomic E-state index is 0.0461. The molecule has 2 heterocycles. The molecule has 0 unspecified atom stereocenters. The Labute approximate surface area is 183 Å². The van der Waals surface area contributed by atoms with Gasteiger partial charge in [0.05, 0.1) is 12.0 Å². The number of carbonyl (C=O) groups is 2. The van der Waals surface area contributed by atoms with Crippen LogP contribution in [0.3, 0.4) is 0 Å². The molecule has 0 saturated heterocycles. The van der Waals surface area contributed by atoms with E-state index in [4.69, 9.17) is 4.74 Å². The van der Waals surface area contributed by atoms with E-state index in [1.165, 1.54) is 6.92 Å². The van der Waals surface area contributed by atoms with Crippen molar-refractivity contribution in [3.8, 4) is 16.9 Å². The first-order chi connectivity index (χ1) is 14.6. The van der Waals surface area contributed by atoms with Gasteiger partial charge in [-0.3, -0.25) is 9.59 Å². The van der Waals surface area contributed by atoms with E-state index in [0.717, 1.165) is 32.1 Å². The molecule has 2 amide bonds. The normalized spacial score (nSPS) is 10.7. The molecule has 2 aromatic heterocycles. The molecule has 1 aromatic carbocycles. The van der Waals surface area contributed by atoms with Crippen LogP contribution in [0.25, 0.3) is 21.3 Å². The van der Waals surface area contributed by atoms with E-state index in [-0.39, 0.29) is 11.8 Å². The average Bonchev–Trinajstić information content (AvgIpc) is 3.17. The first-order valence-corrected chi connectivity index (χ1v) is 11.5.